The second-order valence-corrected chi connectivity index (χ2v) is 13.8. The van der Waals surface area contributed by atoms with E-state index >= 15 is 0 Å². The summed E-state index contributed by atoms with van der Waals surface area (Å²) in [4.78, 5) is 16.9. The highest BCUT2D eigenvalue weighted by molar-refractivity contribution is 8.02. The molecule has 0 aliphatic carbocycles. The topological polar surface area (TPSA) is 32.8 Å². The quantitative estimate of drug-likeness (QED) is 0.152. The summed E-state index contributed by atoms with van der Waals surface area (Å²) in [6.45, 7) is 12.8. The monoisotopic (exact) mass is 592 g/mol. The van der Waals surface area contributed by atoms with E-state index in [0.717, 1.165) is 42.4 Å². The lowest BCUT2D eigenvalue weighted by Crippen LogP contribution is -2.28. The van der Waals surface area contributed by atoms with Crippen LogP contribution in [-0.2, 0) is 23.3 Å². The van der Waals surface area contributed by atoms with Crippen LogP contribution in [0.5, 0.6) is 5.75 Å². The van der Waals surface area contributed by atoms with Gasteiger partial charge >= 0.3 is 0 Å². The van der Waals surface area contributed by atoms with Crippen LogP contribution in [-0.4, -0.2) is 23.3 Å². The third-order valence-corrected chi connectivity index (χ3v) is 8.84. The van der Waals surface area contributed by atoms with Gasteiger partial charge < -0.3 is 14.5 Å². The van der Waals surface area contributed by atoms with Crippen LogP contribution in [0.2, 0.25) is 0 Å². The van der Waals surface area contributed by atoms with Gasteiger partial charge in [-0.15, -0.1) is 11.8 Å². The van der Waals surface area contributed by atoms with Gasteiger partial charge in [-0.05, 0) is 58.2 Å². The molecule has 0 N–H and O–H groups in total. The van der Waals surface area contributed by atoms with Crippen LogP contribution in [0.4, 0.5) is 5.69 Å². The molecule has 3 rings (SSSR count). The molecular formula is C37H56N2O2S. The Kier molecular flexibility index (Phi) is 14.9. The lowest BCUT2D eigenvalue weighted by Gasteiger charge is -2.26. The van der Waals surface area contributed by atoms with E-state index in [4.69, 9.17) is 4.74 Å². The van der Waals surface area contributed by atoms with Gasteiger partial charge in [0.1, 0.15) is 5.75 Å². The van der Waals surface area contributed by atoms with Crippen LogP contribution in [0.1, 0.15) is 128 Å². The molecule has 2 aromatic carbocycles. The number of ether oxygens (including phenoxy) is 1. The average Bonchev–Trinajstić information content (AvgIpc) is 3.47. The van der Waals surface area contributed by atoms with Gasteiger partial charge in [0, 0.05) is 25.4 Å². The van der Waals surface area contributed by atoms with Gasteiger partial charge in [0.15, 0.2) is 0 Å². The molecule has 0 unspecified atom stereocenters. The predicted molar refractivity (Wildman–Crippen MR) is 182 cm³/mol. The molecule has 0 bridgehead atoms. The van der Waals surface area contributed by atoms with Crippen molar-refractivity contribution in [3.63, 3.8) is 0 Å². The van der Waals surface area contributed by atoms with Crippen molar-refractivity contribution in [2.45, 2.75) is 130 Å². The van der Waals surface area contributed by atoms with Gasteiger partial charge in [0.2, 0.25) is 5.91 Å². The first kappa shape index (κ1) is 34.1. The van der Waals surface area contributed by atoms with Crippen LogP contribution in [0.25, 0.3) is 0 Å². The third kappa shape index (κ3) is 12.1. The summed E-state index contributed by atoms with van der Waals surface area (Å²) in [6, 6.07) is 14.9. The van der Waals surface area contributed by atoms with Gasteiger partial charge in [0.05, 0.1) is 19.0 Å². The lowest BCUT2D eigenvalue weighted by atomic mass is 9.85. The summed E-state index contributed by atoms with van der Waals surface area (Å²) in [5.74, 6) is 2.00. The van der Waals surface area contributed by atoms with Crippen LogP contribution in [0.15, 0.2) is 54.1 Å². The number of hydrogen-bond acceptors (Lipinski definition) is 4. The summed E-state index contributed by atoms with van der Waals surface area (Å²) < 4.78 is 6.33. The third-order valence-electron chi connectivity index (χ3n) is 8.04. The molecule has 0 spiro atoms. The number of nitrogens with zero attached hydrogens (tertiary/aromatic N) is 2. The Balaban J connectivity index is 1.50. The fourth-order valence-corrected chi connectivity index (χ4v) is 6.26. The predicted octanol–water partition coefficient (Wildman–Crippen LogP) is 10.6. The first-order valence-electron chi connectivity index (χ1n) is 16.4. The summed E-state index contributed by atoms with van der Waals surface area (Å²) in [6.07, 6.45) is 18.3. The summed E-state index contributed by atoms with van der Waals surface area (Å²) in [5, 5.41) is 2.13. The first-order valence-corrected chi connectivity index (χ1v) is 17.5. The summed E-state index contributed by atoms with van der Waals surface area (Å²) in [7, 11) is 0. The lowest BCUT2D eigenvalue weighted by molar-refractivity contribution is -0.116. The highest BCUT2D eigenvalue weighted by Gasteiger charge is 2.21. The fourth-order valence-electron chi connectivity index (χ4n) is 5.55. The highest BCUT2D eigenvalue weighted by Crippen LogP contribution is 2.33. The molecule has 232 valence electrons. The number of unbranched alkanes of at least 4 members (excludes halogenated alkanes) is 11. The first-order chi connectivity index (χ1) is 20.3. The molecule has 0 atom stereocenters. The number of thioether (sulfide) groups is 1. The number of rotatable bonds is 19. The van der Waals surface area contributed by atoms with Crippen molar-refractivity contribution in [2.24, 2.45) is 0 Å². The van der Waals surface area contributed by atoms with Crippen LogP contribution in [0.3, 0.4) is 0 Å². The zero-order valence-corrected chi connectivity index (χ0v) is 27.9. The number of hydrogen-bond donors (Lipinski definition) is 0. The molecule has 5 heteroatoms. The minimum absolute atomic E-state index is 0.0494. The number of carbonyl (C=O) groups excluding carboxylic acids is 1. The van der Waals surface area contributed by atoms with Crippen LogP contribution < -0.4 is 9.64 Å². The number of benzene rings is 2. The van der Waals surface area contributed by atoms with Crippen molar-refractivity contribution < 1.29 is 9.53 Å². The summed E-state index contributed by atoms with van der Waals surface area (Å²) >= 11 is 1.81. The van der Waals surface area contributed by atoms with Gasteiger partial charge in [0.25, 0.3) is 0 Å². The van der Waals surface area contributed by atoms with E-state index in [2.05, 4.69) is 80.6 Å². The fraction of sp³-hybridized carbons (Fsp3) is 0.595. The van der Waals surface area contributed by atoms with Gasteiger partial charge in [-0.25, -0.2) is 0 Å². The van der Waals surface area contributed by atoms with E-state index in [9.17, 15) is 4.79 Å². The molecule has 1 amide bonds. The second kappa shape index (κ2) is 18.3. The van der Waals surface area contributed by atoms with Gasteiger partial charge in [-0.3, -0.25) is 4.79 Å². The smallest absolute Gasteiger partial charge is 0.224 e. The maximum Gasteiger partial charge on any atom is 0.224 e. The molecule has 42 heavy (non-hydrogen) atoms. The average molecular weight is 593 g/mol. The normalized spacial score (nSPS) is 13.1. The largest absolute Gasteiger partial charge is 0.493 e. The molecule has 0 saturated carbocycles. The Labute approximate surface area is 261 Å². The van der Waals surface area contributed by atoms with E-state index in [1.165, 1.54) is 81.8 Å². The Hall–Kier alpha value is -2.40. The molecule has 1 aliphatic heterocycles. The van der Waals surface area contributed by atoms with Gasteiger partial charge in [-0.1, -0.05) is 117 Å². The molecular weight excluding hydrogens is 536 g/mol. The van der Waals surface area contributed by atoms with E-state index < -0.39 is 0 Å². The van der Waals surface area contributed by atoms with Crippen molar-refractivity contribution in [1.29, 1.82) is 0 Å². The van der Waals surface area contributed by atoms with E-state index in [0.29, 0.717) is 6.54 Å². The van der Waals surface area contributed by atoms with Gasteiger partial charge in [-0.2, -0.15) is 0 Å². The molecule has 0 aromatic heterocycles. The Bertz CT molecular complexity index is 1110. The molecule has 1 heterocycles. The molecule has 4 nitrogen and oxygen atoms in total. The number of carbonyl (C=O) groups is 1. The molecule has 2 aromatic rings. The minimum atomic E-state index is -0.0515. The Morgan fingerprint density at radius 3 is 2.14 bits per heavy atom. The van der Waals surface area contributed by atoms with E-state index in [-0.39, 0.29) is 11.3 Å². The van der Waals surface area contributed by atoms with Crippen molar-refractivity contribution >= 4 is 23.4 Å². The SMILES string of the molecule is CCCCCCCCCCCCCCOc1ccc(CN(C(C)=O)c2cccc(CN3C=CSC3)c2)cc1C(C)(C)C. The van der Waals surface area contributed by atoms with Crippen LogP contribution >= 0.6 is 11.8 Å². The van der Waals surface area contributed by atoms with Crippen molar-refractivity contribution in [3.8, 4) is 5.75 Å². The minimum Gasteiger partial charge on any atom is -0.493 e. The standard InChI is InChI=1S/C37H56N2O2S/c1-6-7-8-9-10-11-12-13-14-15-16-17-24-41-36-22-21-33(27-35(36)37(3,4)5)29-39(31(2)40)34-20-18-19-32(26-34)28-38-23-25-42-30-38/h18-23,25-27H,6-17,24,28-30H2,1-5H3. The zero-order valence-electron chi connectivity index (χ0n) is 27.1. The molecule has 0 fully saturated rings. The highest BCUT2D eigenvalue weighted by atomic mass is 32.2. The number of anilines is 1. The Morgan fingerprint density at radius 2 is 1.55 bits per heavy atom. The van der Waals surface area contributed by atoms with Crippen LogP contribution in [0, 0.1) is 0 Å². The molecule has 0 radical (unpaired) electrons. The van der Waals surface area contributed by atoms with E-state index in [1.807, 2.05) is 11.0 Å². The second-order valence-electron chi connectivity index (χ2n) is 12.9. The van der Waals surface area contributed by atoms with Crippen molar-refractivity contribution in [1.82, 2.24) is 4.90 Å². The number of amides is 1. The molecule has 1 aliphatic rings. The maximum atomic E-state index is 12.8. The zero-order chi connectivity index (χ0) is 30.2. The Morgan fingerprint density at radius 1 is 0.881 bits per heavy atom. The summed E-state index contributed by atoms with van der Waals surface area (Å²) in [5.41, 5.74) is 4.43. The van der Waals surface area contributed by atoms with E-state index in [1.54, 1.807) is 18.7 Å². The molecule has 0 saturated heterocycles. The van der Waals surface area contributed by atoms with Crippen molar-refractivity contribution in [3.05, 3.63) is 70.8 Å². The van der Waals surface area contributed by atoms with Crippen molar-refractivity contribution in [2.75, 3.05) is 17.4 Å². The maximum absolute atomic E-state index is 12.8.